The Bertz CT molecular complexity index is 354. The van der Waals surface area contributed by atoms with Gasteiger partial charge in [0, 0.05) is 0 Å². The van der Waals surface area contributed by atoms with Crippen molar-refractivity contribution in [2.75, 3.05) is 13.1 Å². The van der Waals surface area contributed by atoms with Crippen molar-refractivity contribution in [2.45, 2.75) is 26.7 Å². The molecule has 1 saturated heterocycles. The molecule has 0 bridgehead atoms. The fraction of sp³-hybridized carbons (Fsp3) is 0.538. The number of benzene rings is 1. The predicted octanol–water partition coefficient (Wildman–Crippen LogP) is 2.59. The van der Waals surface area contributed by atoms with E-state index in [9.17, 15) is 4.39 Å². The molecule has 1 N–H and O–H groups in total. The molecule has 82 valence electrons. The number of hydrogen-bond acceptors (Lipinski definition) is 1. The second kappa shape index (κ2) is 4.31. The molecule has 1 nitrogen and oxygen atoms in total. The van der Waals surface area contributed by atoms with Crippen LogP contribution in [0.2, 0.25) is 0 Å². The van der Waals surface area contributed by atoms with Crippen LogP contribution in [-0.4, -0.2) is 13.1 Å². The lowest BCUT2D eigenvalue weighted by atomic mass is 9.94. The predicted molar refractivity (Wildman–Crippen MR) is 60.6 cm³/mol. The lowest BCUT2D eigenvalue weighted by molar-refractivity contribution is 0.569. The zero-order valence-corrected chi connectivity index (χ0v) is 9.44. The molecule has 15 heavy (non-hydrogen) atoms. The molecular formula is C13H18FN. The average molecular weight is 207 g/mol. The lowest BCUT2D eigenvalue weighted by Gasteiger charge is -2.12. The largest absolute Gasteiger partial charge is 0.316 e. The Hall–Kier alpha value is -0.890. The molecule has 2 rings (SSSR count). The van der Waals surface area contributed by atoms with E-state index in [0.717, 1.165) is 25.1 Å². The highest BCUT2D eigenvalue weighted by Gasteiger charge is 2.16. The van der Waals surface area contributed by atoms with Gasteiger partial charge in [0.2, 0.25) is 0 Å². The standard InChI is InChI=1S/C13H18FN/c1-9-5-10(2)13(14)7-12(9)6-11-3-4-15-8-11/h5,7,11,15H,3-4,6,8H2,1-2H3. The molecule has 1 aromatic carbocycles. The third-order valence-electron chi connectivity index (χ3n) is 3.29. The highest BCUT2D eigenvalue weighted by molar-refractivity contribution is 5.32. The van der Waals surface area contributed by atoms with Gasteiger partial charge in [0.15, 0.2) is 0 Å². The van der Waals surface area contributed by atoms with E-state index >= 15 is 0 Å². The number of rotatable bonds is 2. The van der Waals surface area contributed by atoms with Gasteiger partial charge in [-0.15, -0.1) is 0 Å². The van der Waals surface area contributed by atoms with Crippen LogP contribution in [0, 0.1) is 25.6 Å². The smallest absolute Gasteiger partial charge is 0.126 e. The van der Waals surface area contributed by atoms with Crippen LogP contribution in [0.15, 0.2) is 12.1 Å². The van der Waals surface area contributed by atoms with E-state index in [4.69, 9.17) is 0 Å². The van der Waals surface area contributed by atoms with Crippen molar-refractivity contribution in [3.8, 4) is 0 Å². The van der Waals surface area contributed by atoms with Crippen molar-refractivity contribution in [1.82, 2.24) is 5.32 Å². The first kappa shape index (κ1) is 10.6. The summed E-state index contributed by atoms with van der Waals surface area (Å²) in [4.78, 5) is 0. The molecule has 1 aliphatic heterocycles. The minimum absolute atomic E-state index is 0.0680. The van der Waals surface area contributed by atoms with Crippen molar-refractivity contribution < 1.29 is 4.39 Å². The third kappa shape index (κ3) is 2.37. The van der Waals surface area contributed by atoms with Gasteiger partial charge in [-0.05, 0) is 68.5 Å². The summed E-state index contributed by atoms with van der Waals surface area (Å²) in [6.45, 7) is 6.08. The first-order valence-corrected chi connectivity index (χ1v) is 5.63. The van der Waals surface area contributed by atoms with Crippen LogP contribution in [0.25, 0.3) is 0 Å². The molecule has 1 aliphatic rings. The highest BCUT2D eigenvalue weighted by atomic mass is 19.1. The van der Waals surface area contributed by atoms with Crippen LogP contribution in [0.5, 0.6) is 0 Å². The van der Waals surface area contributed by atoms with E-state index in [1.807, 2.05) is 13.0 Å². The quantitative estimate of drug-likeness (QED) is 0.786. The van der Waals surface area contributed by atoms with Gasteiger partial charge < -0.3 is 5.32 Å². The van der Waals surface area contributed by atoms with E-state index < -0.39 is 0 Å². The Morgan fingerprint density at radius 1 is 1.33 bits per heavy atom. The third-order valence-corrected chi connectivity index (χ3v) is 3.29. The fourth-order valence-electron chi connectivity index (χ4n) is 2.29. The van der Waals surface area contributed by atoms with Crippen molar-refractivity contribution >= 4 is 0 Å². The maximum Gasteiger partial charge on any atom is 0.126 e. The summed E-state index contributed by atoms with van der Waals surface area (Å²) in [6.07, 6.45) is 2.23. The summed E-state index contributed by atoms with van der Waals surface area (Å²) in [5.41, 5.74) is 3.15. The Morgan fingerprint density at radius 3 is 2.80 bits per heavy atom. The summed E-state index contributed by atoms with van der Waals surface area (Å²) in [5.74, 6) is 0.618. The minimum atomic E-state index is -0.0680. The molecule has 1 aromatic rings. The molecule has 0 radical (unpaired) electrons. The van der Waals surface area contributed by atoms with Crippen LogP contribution in [0.1, 0.15) is 23.1 Å². The van der Waals surface area contributed by atoms with E-state index in [0.29, 0.717) is 5.92 Å². The van der Waals surface area contributed by atoms with E-state index in [1.165, 1.54) is 17.5 Å². The second-order valence-electron chi connectivity index (χ2n) is 4.59. The molecule has 0 spiro atoms. The van der Waals surface area contributed by atoms with Crippen molar-refractivity contribution in [2.24, 2.45) is 5.92 Å². The number of hydrogen-bond donors (Lipinski definition) is 1. The topological polar surface area (TPSA) is 12.0 Å². The van der Waals surface area contributed by atoms with Gasteiger partial charge >= 0.3 is 0 Å². The molecule has 1 fully saturated rings. The fourth-order valence-corrected chi connectivity index (χ4v) is 2.29. The SMILES string of the molecule is Cc1cc(C)c(CC2CCNC2)cc1F. The van der Waals surface area contributed by atoms with Gasteiger partial charge in [0.1, 0.15) is 5.82 Å². The summed E-state index contributed by atoms with van der Waals surface area (Å²) in [5, 5.41) is 3.34. The van der Waals surface area contributed by atoms with Crippen LogP contribution in [0.4, 0.5) is 4.39 Å². The first-order valence-electron chi connectivity index (χ1n) is 5.63. The van der Waals surface area contributed by atoms with Crippen molar-refractivity contribution in [3.63, 3.8) is 0 Å². The van der Waals surface area contributed by atoms with Gasteiger partial charge in [-0.3, -0.25) is 0 Å². The maximum absolute atomic E-state index is 13.4. The molecule has 2 heteroatoms. The summed E-state index contributed by atoms with van der Waals surface area (Å²) in [7, 11) is 0. The Kier molecular flexibility index (Phi) is 3.06. The Morgan fingerprint density at radius 2 is 2.13 bits per heavy atom. The molecular weight excluding hydrogens is 189 g/mol. The van der Waals surface area contributed by atoms with Gasteiger partial charge in [0.25, 0.3) is 0 Å². The molecule has 1 atom stereocenters. The maximum atomic E-state index is 13.4. The summed E-state index contributed by atoms with van der Waals surface area (Å²) < 4.78 is 13.4. The molecule has 1 heterocycles. The van der Waals surface area contributed by atoms with Gasteiger partial charge in [-0.1, -0.05) is 6.07 Å². The Balaban J connectivity index is 2.16. The Labute approximate surface area is 90.7 Å². The lowest BCUT2D eigenvalue weighted by Crippen LogP contribution is -2.11. The normalized spacial score (nSPS) is 20.9. The number of halogens is 1. The van der Waals surface area contributed by atoms with E-state index in [2.05, 4.69) is 12.2 Å². The van der Waals surface area contributed by atoms with Crippen LogP contribution in [0.3, 0.4) is 0 Å². The molecule has 0 amide bonds. The monoisotopic (exact) mass is 207 g/mol. The zero-order chi connectivity index (χ0) is 10.8. The zero-order valence-electron chi connectivity index (χ0n) is 9.44. The average Bonchev–Trinajstić information content (AvgIpc) is 2.67. The minimum Gasteiger partial charge on any atom is -0.316 e. The van der Waals surface area contributed by atoms with Crippen molar-refractivity contribution in [3.05, 3.63) is 34.6 Å². The molecule has 0 aromatic heterocycles. The molecule has 0 saturated carbocycles. The van der Waals surface area contributed by atoms with Crippen LogP contribution < -0.4 is 5.32 Å². The van der Waals surface area contributed by atoms with Gasteiger partial charge in [-0.25, -0.2) is 4.39 Å². The van der Waals surface area contributed by atoms with Crippen LogP contribution >= 0.6 is 0 Å². The molecule has 1 unspecified atom stereocenters. The van der Waals surface area contributed by atoms with Gasteiger partial charge in [0.05, 0.1) is 0 Å². The van der Waals surface area contributed by atoms with E-state index in [1.54, 1.807) is 6.07 Å². The van der Waals surface area contributed by atoms with E-state index in [-0.39, 0.29) is 5.82 Å². The highest BCUT2D eigenvalue weighted by Crippen LogP contribution is 2.20. The van der Waals surface area contributed by atoms with Crippen LogP contribution in [-0.2, 0) is 6.42 Å². The second-order valence-corrected chi connectivity index (χ2v) is 4.59. The summed E-state index contributed by atoms with van der Waals surface area (Å²) >= 11 is 0. The first-order chi connectivity index (χ1) is 7.16. The number of aryl methyl sites for hydroxylation is 2. The molecule has 0 aliphatic carbocycles. The van der Waals surface area contributed by atoms with Crippen molar-refractivity contribution in [1.29, 1.82) is 0 Å². The number of nitrogens with one attached hydrogen (secondary N) is 1. The van der Waals surface area contributed by atoms with Gasteiger partial charge in [-0.2, -0.15) is 0 Å². The summed E-state index contributed by atoms with van der Waals surface area (Å²) in [6, 6.07) is 3.66.